The van der Waals surface area contributed by atoms with Crippen LogP contribution in [0.5, 0.6) is 6.01 Å². The van der Waals surface area contributed by atoms with Crippen molar-refractivity contribution in [2.45, 2.75) is 18.9 Å². The number of piperidine rings is 1. The molecule has 0 N–H and O–H groups in total. The first-order chi connectivity index (χ1) is 10.2. The van der Waals surface area contributed by atoms with Gasteiger partial charge in [-0.05, 0) is 25.0 Å². The van der Waals surface area contributed by atoms with Crippen molar-refractivity contribution < 1.29 is 13.9 Å². The van der Waals surface area contributed by atoms with E-state index >= 15 is 0 Å². The monoisotopic (exact) mass is 307 g/mol. The zero-order valence-corrected chi connectivity index (χ0v) is 12.0. The summed E-state index contributed by atoms with van der Waals surface area (Å²) in [5.41, 5.74) is 0. The summed E-state index contributed by atoms with van der Waals surface area (Å²) in [5.74, 6) is 0.226. The predicted molar refractivity (Wildman–Crippen MR) is 75.3 cm³/mol. The van der Waals surface area contributed by atoms with Crippen LogP contribution < -0.4 is 4.74 Å². The molecule has 6 nitrogen and oxygen atoms in total. The summed E-state index contributed by atoms with van der Waals surface area (Å²) in [6.07, 6.45) is 6.06. The van der Waals surface area contributed by atoms with Crippen LogP contribution in [0.4, 0.5) is 0 Å². The number of halogens is 1. The molecule has 110 valence electrons. The summed E-state index contributed by atoms with van der Waals surface area (Å²) in [5, 5.41) is 0.459. The fraction of sp³-hybridized carbons (Fsp3) is 0.357. The topological polar surface area (TPSA) is 68.5 Å². The molecule has 21 heavy (non-hydrogen) atoms. The highest BCUT2D eigenvalue weighted by Crippen LogP contribution is 2.18. The quantitative estimate of drug-likeness (QED) is 0.871. The molecule has 0 radical (unpaired) electrons. The average Bonchev–Trinajstić information content (AvgIpc) is 3.03. The second-order valence-corrected chi connectivity index (χ2v) is 5.23. The molecule has 0 spiro atoms. The Hall–Kier alpha value is -2.08. The summed E-state index contributed by atoms with van der Waals surface area (Å²) in [6, 6.07) is 3.64. The molecular formula is C14H14ClN3O3. The summed E-state index contributed by atoms with van der Waals surface area (Å²) >= 11 is 5.73. The second kappa shape index (κ2) is 6.13. The fourth-order valence-electron chi connectivity index (χ4n) is 2.29. The normalized spacial score (nSPS) is 18.5. The van der Waals surface area contributed by atoms with E-state index < -0.39 is 0 Å². The van der Waals surface area contributed by atoms with Gasteiger partial charge in [0.2, 0.25) is 0 Å². The zero-order valence-electron chi connectivity index (χ0n) is 11.2. The molecule has 2 aromatic heterocycles. The average molecular weight is 308 g/mol. The minimum atomic E-state index is -0.126. The smallest absolute Gasteiger partial charge is 0.316 e. The van der Waals surface area contributed by atoms with Crippen LogP contribution in [0.1, 0.15) is 23.4 Å². The zero-order chi connectivity index (χ0) is 14.7. The molecule has 0 bridgehead atoms. The lowest BCUT2D eigenvalue weighted by molar-refractivity contribution is 0.0489. The van der Waals surface area contributed by atoms with Gasteiger partial charge in [0.05, 0.1) is 30.2 Å². The van der Waals surface area contributed by atoms with Gasteiger partial charge in [-0.2, -0.15) is 0 Å². The van der Waals surface area contributed by atoms with E-state index in [0.717, 1.165) is 12.8 Å². The van der Waals surface area contributed by atoms with Crippen LogP contribution in [0.2, 0.25) is 5.02 Å². The van der Waals surface area contributed by atoms with E-state index in [9.17, 15) is 4.79 Å². The van der Waals surface area contributed by atoms with Gasteiger partial charge in [0.25, 0.3) is 5.91 Å². The molecule has 7 heteroatoms. The number of aromatic nitrogens is 2. The van der Waals surface area contributed by atoms with Crippen molar-refractivity contribution in [1.29, 1.82) is 0 Å². The van der Waals surface area contributed by atoms with Gasteiger partial charge in [0.15, 0.2) is 5.76 Å². The molecular weight excluding hydrogens is 294 g/mol. The highest BCUT2D eigenvalue weighted by molar-refractivity contribution is 6.30. The highest BCUT2D eigenvalue weighted by Gasteiger charge is 2.27. The Morgan fingerprint density at radius 2 is 2.24 bits per heavy atom. The van der Waals surface area contributed by atoms with Crippen molar-refractivity contribution in [2.24, 2.45) is 0 Å². The summed E-state index contributed by atoms with van der Waals surface area (Å²) in [7, 11) is 0. The van der Waals surface area contributed by atoms with E-state index in [1.54, 1.807) is 17.0 Å². The summed E-state index contributed by atoms with van der Waals surface area (Å²) in [6.45, 7) is 1.19. The van der Waals surface area contributed by atoms with Crippen LogP contribution in [0.15, 0.2) is 35.2 Å². The Morgan fingerprint density at radius 1 is 1.43 bits per heavy atom. The van der Waals surface area contributed by atoms with Crippen molar-refractivity contribution in [3.63, 3.8) is 0 Å². The lowest BCUT2D eigenvalue weighted by atomic mass is 10.1. The van der Waals surface area contributed by atoms with Gasteiger partial charge in [-0.15, -0.1) is 0 Å². The van der Waals surface area contributed by atoms with Crippen molar-refractivity contribution in [3.05, 3.63) is 41.6 Å². The minimum Gasteiger partial charge on any atom is -0.459 e. The molecule has 1 saturated heterocycles. The molecule has 1 fully saturated rings. The molecule has 0 aromatic carbocycles. The van der Waals surface area contributed by atoms with Crippen molar-refractivity contribution in [1.82, 2.24) is 14.9 Å². The second-order valence-electron chi connectivity index (χ2n) is 4.79. The maximum Gasteiger partial charge on any atom is 0.316 e. The van der Waals surface area contributed by atoms with Crippen LogP contribution in [0.3, 0.4) is 0 Å². The largest absolute Gasteiger partial charge is 0.459 e. The molecule has 1 aliphatic heterocycles. The Kier molecular flexibility index (Phi) is 4.06. The number of amides is 1. The van der Waals surface area contributed by atoms with Gasteiger partial charge in [-0.25, -0.2) is 9.97 Å². The van der Waals surface area contributed by atoms with Crippen LogP contribution in [-0.2, 0) is 0 Å². The van der Waals surface area contributed by atoms with Crippen molar-refractivity contribution in [2.75, 3.05) is 13.1 Å². The Bertz CT molecular complexity index is 600. The number of rotatable bonds is 3. The first kappa shape index (κ1) is 13.9. The molecule has 1 aliphatic rings. The van der Waals surface area contributed by atoms with Gasteiger partial charge in [0.1, 0.15) is 6.10 Å². The summed E-state index contributed by atoms with van der Waals surface area (Å²) in [4.78, 5) is 22.0. The van der Waals surface area contributed by atoms with Gasteiger partial charge < -0.3 is 14.1 Å². The Balaban J connectivity index is 1.63. The fourth-order valence-corrected chi connectivity index (χ4v) is 2.38. The van der Waals surface area contributed by atoms with Crippen LogP contribution >= 0.6 is 11.6 Å². The van der Waals surface area contributed by atoms with E-state index in [4.69, 9.17) is 20.8 Å². The third-order valence-corrected chi connectivity index (χ3v) is 3.46. The molecule has 1 amide bonds. The number of nitrogens with zero attached hydrogens (tertiary/aromatic N) is 3. The number of carbonyl (C=O) groups is 1. The summed E-state index contributed by atoms with van der Waals surface area (Å²) < 4.78 is 10.8. The van der Waals surface area contributed by atoms with E-state index in [1.807, 2.05) is 0 Å². The Labute approximate surface area is 126 Å². The van der Waals surface area contributed by atoms with Gasteiger partial charge >= 0.3 is 6.01 Å². The number of hydrogen-bond donors (Lipinski definition) is 0. The van der Waals surface area contributed by atoms with Crippen LogP contribution in [0.25, 0.3) is 0 Å². The number of likely N-dealkylation sites (tertiary alicyclic amines) is 1. The Morgan fingerprint density at radius 3 is 2.95 bits per heavy atom. The molecule has 0 saturated carbocycles. The maximum atomic E-state index is 12.2. The number of furan rings is 1. The highest BCUT2D eigenvalue weighted by atomic mass is 35.5. The number of hydrogen-bond acceptors (Lipinski definition) is 5. The standard InChI is InChI=1S/C14H14ClN3O3/c15-10-7-16-14(17-8-10)21-11-3-1-5-18(9-11)13(19)12-4-2-6-20-12/h2,4,6-8,11H,1,3,5,9H2. The molecule has 0 aliphatic carbocycles. The molecule has 1 atom stereocenters. The van der Waals surface area contributed by atoms with Crippen LogP contribution in [-0.4, -0.2) is 40.0 Å². The number of ether oxygens (including phenoxy) is 1. The van der Waals surface area contributed by atoms with E-state index in [0.29, 0.717) is 23.9 Å². The lowest BCUT2D eigenvalue weighted by Gasteiger charge is -2.31. The molecule has 3 heterocycles. The van der Waals surface area contributed by atoms with Gasteiger partial charge in [-0.3, -0.25) is 4.79 Å². The van der Waals surface area contributed by atoms with Crippen molar-refractivity contribution >= 4 is 17.5 Å². The maximum absolute atomic E-state index is 12.2. The molecule has 2 aromatic rings. The lowest BCUT2D eigenvalue weighted by Crippen LogP contribution is -2.44. The number of carbonyl (C=O) groups excluding carboxylic acids is 1. The predicted octanol–water partition coefficient (Wildman–Crippen LogP) is 2.41. The first-order valence-electron chi connectivity index (χ1n) is 6.69. The minimum absolute atomic E-state index is 0.120. The van der Waals surface area contributed by atoms with E-state index in [-0.39, 0.29) is 18.0 Å². The van der Waals surface area contributed by atoms with E-state index in [2.05, 4.69) is 9.97 Å². The third kappa shape index (κ3) is 3.33. The van der Waals surface area contributed by atoms with Crippen molar-refractivity contribution in [3.8, 4) is 6.01 Å². The first-order valence-corrected chi connectivity index (χ1v) is 7.07. The van der Waals surface area contributed by atoms with E-state index in [1.165, 1.54) is 18.7 Å². The molecule has 3 rings (SSSR count). The van der Waals surface area contributed by atoms with Gasteiger partial charge in [0, 0.05) is 6.54 Å². The SMILES string of the molecule is O=C(c1ccco1)N1CCCC(Oc2ncc(Cl)cn2)C1. The molecule has 1 unspecified atom stereocenters. The third-order valence-electron chi connectivity index (χ3n) is 3.27. The van der Waals surface area contributed by atoms with Crippen LogP contribution in [0, 0.1) is 0 Å². The van der Waals surface area contributed by atoms with Gasteiger partial charge in [-0.1, -0.05) is 11.6 Å².